The maximum atomic E-state index is 12.5. The van der Waals surface area contributed by atoms with Crippen LogP contribution in [0, 0.1) is 11.8 Å². The summed E-state index contributed by atoms with van der Waals surface area (Å²) in [5, 5.41) is 3.04. The Balaban J connectivity index is 1.80. The Bertz CT molecular complexity index is 1010. The number of hydrogen-bond donors (Lipinski definition) is 4. The van der Waals surface area contributed by atoms with Crippen molar-refractivity contribution >= 4 is 29.4 Å². The van der Waals surface area contributed by atoms with Crippen molar-refractivity contribution in [3.05, 3.63) is 22.5 Å². The van der Waals surface area contributed by atoms with Crippen LogP contribution in [0.4, 0.5) is 17.5 Å². The molecule has 1 aliphatic heterocycles. The van der Waals surface area contributed by atoms with Gasteiger partial charge in [0.15, 0.2) is 5.82 Å². The summed E-state index contributed by atoms with van der Waals surface area (Å²) >= 11 is 0. The first-order valence-corrected chi connectivity index (χ1v) is 15.4. The molecule has 232 valence electrons. The van der Waals surface area contributed by atoms with Gasteiger partial charge in [0, 0.05) is 18.9 Å². The number of nitrogens with two attached hydrogens (primary N) is 2. The Morgan fingerprint density at radius 2 is 1.78 bits per heavy atom. The van der Waals surface area contributed by atoms with Crippen LogP contribution in [0.3, 0.4) is 0 Å². The maximum absolute atomic E-state index is 12.5. The summed E-state index contributed by atoms with van der Waals surface area (Å²) in [6.07, 6.45) is 16.2. The van der Waals surface area contributed by atoms with E-state index in [9.17, 15) is 14.4 Å². The molecule has 0 saturated heterocycles. The molecule has 11 heteroatoms. The molecular weight excluding hydrogens is 524 g/mol. The molecule has 0 fully saturated rings. The van der Waals surface area contributed by atoms with Gasteiger partial charge in [-0.2, -0.15) is 4.98 Å². The highest BCUT2D eigenvalue weighted by molar-refractivity contribution is 5.75. The first-order valence-electron chi connectivity index (χ1n) is 15.4. The van der Waals surface area contributed by atoms with Gasteiger partial charge < -0.3 is 31.2 Å². The number of rotatable bonds is 21. The molecule has 0 saturated carbocycles. The second kappa shape index (κ2) is 19.1. The third-order valence-corrected chi connectivity index (χ3v) is 7.57. The Hall–Kier alpha value is -3.08. The Kier molecular flexibility index (Phi) is 15.9. The van der Waals surface area contributed by atoms with Gasteiger partial charge in [0.2, 0.25) is 5.95 Å². The molecule has 0 aromatic carbocycles. The van der Waals surface area contributed by atoms with E-state index in [-0.39, 0.29) is 42.5 Å². The van der Waals surface area contributed by atoms with Crippen LogP contribution in [-0.4, -0.2) is 54.4 Å². The number of esters is 2. The fraction of sp³-hybridized carbons (Fsp3) is 0.733. The molecule has 0 amide bonds. The number of ether oxygens (including phenoxy) is 2. The number of allylic oxidation sites excluding steroid dienone is 2. The van der Waals surface area contributed by atoms with E-state index in [1.165, 1.54) is 32.1 Å². The SMILES string of the molecule is CCCCC=CCCCCCCCC(=O)OCC(CCOC(=O)C(N)C(C)CC)CN1CNc2c1nc(N)[nH]c2=O. The minimum absolute atomic E-state index is 0.0217. The minimum atomic E-state index is -0.674. The number of fused-ring (bicyclic) bond motifs is 1. The topological polar surface area (TPSA) is 166 Å². The zero-order valence-electron chi connectivity index (χ0n) is 25.3. The number of nitrogens with one attached hydrogen (secondary N) is 2. The molecule has 0 radical (unpaired) electrons. The number of carbonyl (C=O) groups is 2. The third-order valence-electron chi connectivity index (χ3n) is 7.57. The van der Waals surface area contributed by atoms with E-state index < -0.39 is 12.0 Å². The van der Waals surface area contributed by atoms with Gasteiger partial charge in [-0.25, -0.2) is 0 Å². The molecule has 3 unspecified atom stereocenters. The lowest BCUT2D eigenvalue weighted by Gasteiger charge is -2.25. The van der Waals surface area contributed by atoms with Crippen molar-refractivity contribution in [3.63, 3.8) is 0 Å². The number of anilines is 3. The Morgan fingerprint density at radius 3 is 2.51 bits per heavy atom. The summed E-state index contributed by atoms with van der Waals surface area (Å²) in [5.41, 5.74) is 11.8. The van der Waals surface area contributed by atoms with Gasteiger partial charge in [0.1, 0.15) is 11.7 Å². The molecule has 1 aliphatic rings. The van der Waals surface area contributed by atoms with Crippen LogP contribution in [0.25, 0.3) is 0 Å². The fourth-order valence-electron chi connectivity index (χ4n) is 4.62. The summed E-state index contributed by atoms with van der Waals surface area (Å²) in [7, 11) is 0. The molecule has 6 N–H and O–H groups in total. The standard InChI is InChI=1S/C30H52N6O5/c1-4-6-7-8-9-10-11-12-13-14-15-16-24(37)41-20-23(17-18-40-29(39)25(31)22(3)5-2)19-36-21-33-26-27(36)34-30(32)35-28(26)38/h8-9,22-23,25,33H,4-7,10-21,31H2,1-3H3,(H3,32,34,35,38). The third kappa shape index (κ3) is 12.5. The Morgan fingerprint density at radius 1 is 1.07 bits per heavy atom. The van der Waals surface area contributed by atoms with E-state index in [1.54, 1.807) is 0 Å². The average Bonchev–Trinajstić information content (AvgIpc) is 3.35. The Labute approximate surface area is 244 Å². The maximum Gasteiger partial charge on any atom is 0.323 e. The van der Waals surface area contributed by atoms with Crippen molar-refractivity contribution in [1.29, 1.82) is 0 Å². The summed E-state index contributed by atoms with van der Waals surface area (Å²) in [5.74, 6) is -0.322. The van der Waals surface area contributed by atoms with E-state index in [2.05, 4.69) is 34.4 Å². The zero-order valence-corrected chi connectivity index (χ0v) is 25.3. The van der Waals surface area contributed by atoms with Crippen LogP contribution in [0.15, 0.2) is 16.9 Å². The highest BCUT2D eigenvalue weighted by Crippen LogP contribution is 2.27. The van der Waals surface area contributed by atoms with Gasteiger partial charge in [-0.15, -0.1) is 0 Å². The molecule has 11 nitrogen and oxygen atoms in total. The lowest BCUT2D eigenvalue weighted by molar-refractivity contribution is -0.149. The van der Waals surface area contributed by atoms with Crippen LogP contribution < -0.4 is 27.2 Å². The quantitative estimate of drug-likeness (QED) is 0.0930. The largest absolute Gasteiger partial charge is 0.465 e. The predicted molar refractivity (Wildman–Crippen MR) is 164 cm³/mol. The fourth-order valence-corrected chi connectivity index (χ4v) is 4.62. The normalized spacial score (nSPS) is 14.9. The average molecular weight is 577 g/mol. The number of nitrogens with zero attached hydrogens (tertiary/aromatic N) is 2. The molecule has 1 aromatic heterocycles. The summed E-state index contributed by atoms with van der Waals surface area (Å²) in [6.45, 7) is 7.22. The lowest BCUT2D eigenvalue weighted by Crippen LogP contribution is -2.38. The van der Waals surface area contributed by atoms with Crippen molar-refractivity contribution in [2.75, 3.05) is 42.4 Å². The second-order valence-corrected chi connectivity index (χ2v) is 11.0. The van der Waals surface area contributed by atoms with Crippen LogP contribution in [0.1, 0.15) is 97.8 Å². The molecule has 1 aromatic rings. The van der Waals surface area contributed by atoms with Crippen LogP contribution in [0.2, 0.25) is 0 Å². The highest BCUT2D eigenvalue weighted by Gasteiger charge is 2.27. The molecule has 0 aliphatic carbocycles. The predicted octanol–water partition coefficient (Wildman–Crippen LogP) is 4.48. The highest BCUT2D eigenvalue weighted by atomic mass is 16.5. The molecule has 0 bridgehead atoms. The first-order chi connectivity index (χ1) is 19.8. The summed E-state index contributed by atoms with van der Waals surface area (Å²) in [4.78, 5) is 45.7. The number of unbranched alkanes of at least 4 members (excludes halogenated alkanes) is 7. The molecule has 2 heterocycles. The van der Waals surface area contributed by atoms with Gasteiger partial charge in [-0.3, -0.25) is 19.4 Å². The zero-order chi connectivity index (χ0) is 30.0. The molecule has 3 atom stereocenters. The number of aromatic nitrogens is 2. The van der Waals surface area contributed by atoms with Gasteiger partial charge >= 0.3 is 11.9 Å². The number of hydrogen-bond acceptors (Lipinski definition) is 10. The molecule has 41 heavy (non-hydrogen) atoms. The van der Waals surface area contributed by atoms with E-state index in [0.717, 1.165) is 32.1 Å². The number of nitrogen functional groups attached to an aromatic ring is 1. The molecule has 0 spiro atoms. The van der Waals surface area contributed by atoms with E-state index in [1.807, 2.05) is 18.7 Å². The van der Waals surface area contributed by atoms with Gasteiger partial charge in [-0.1, -0.05) is 71.4 Å². The van der Waals surface area contributed by atoms with Crippen LogP contribution in [-0.2, 0) is 19.1 Å². The van der Waals surface area contributed by atoms with Crippen LogP contribution >= 0.6 is 0 Å². The van der Waals surface area contributed by atoms with Gasteiger partial charge in [0.25, 0.3) is 5.56 Å². The minimum Gasteiger partial charge on any atom is -0.465 e. The van der Waals surface area contributed by atoms with Crippen molar-refractivity contribution in [1.82, 2.24) is 9.97 Å². The lowest BCUT2D eigenvalue weighted by atomic mass is 10.0. The van der Waals surface area contributed by atoms with E-state index >= 15 is 0 Å². The van der Waals surface area contributed by atoms with Gasteiger partial charge in [0.05, 0.1) is 19.9 Å². The van der Waals surface area contributed by atoms with Crippen molar-refractivity contribution in [2.45, 2.75) is 104 Å². The van der Waals surface area contributed by atoms with Gasteiger partial charge in [-0.05, 0) is 38.0 Å². The van der Waals surface area contributed by atoms with E-state index in [0.29, 0.717) is 37.6 Å². The monoisotopic (exact) mass is 576 g/mol. The second-order valence-electron chi connectivity index (χ2n) is 11.0. The number of carbonyl (C=O) groups excluding carboxylic acids is 2. The van der Waals surface area contributed by atoms with Crippen molar-refractivity contribution in [2.24, 2.45) is 17.6 Å². The van der Waals surface area contributed by atoms with Crippen molar-refractivity contribution < 1.29 is 19.1 Å². The number of H-pyrrole nitrogens is 1. The molecule has 2 rings (SSSR count). The first kappa shape index (κ1) is 34.1. The number of aromatic amines is 1. The van der Waals surface area contributed by atoms with Crippen molar-refractivity contribution in [3.8, 4) is 0 Å². The van der Waals surface area contributed by atoms with E-state index in [4.69, 9.17) is 20.9 Å². The van der Waals surface area contributed by atoms with Crippen LogP contribution in [0.5, 0.6) is 0 Å². The summed E-state index contributed by atoms with van der Waals surface area (Å²) in [6, 6.07) is -0.674. The summed E-state index contributed by atoms with van der Waals surface area (Å²) < 4.78 is 11.1. The molecular formula is C30H52N6O5. The smallest absolute Gasteiger partial charge is 0.323 e.